The van der Waals surface area contributed by atoms with Gasteiger partial charge in [-0.25, -0.2) is 13.1 Å². The van der Waals surface area contributed by atoms with Crippen LogP contribution in [0.3, 0.4) is 0 Å². The van der Waals surface area contributed by atoms with Gasteiger partial charge in [0, 0.05) is 11.9 Å². The van der Waals surface area contributed by atoms with E-state index in [9.17, 15) is 8.42 Å². The SMILES string of the molecule is N#Cc1cnn(-c2ccc(NS(=O)(=O)CC3CCCC3)cc2)c1. The summed E-state index contributed by atoms with van der Waals surface area (Å²) in [6.45, 7) is 0. The number of aromatic nitrogens is 2. The molecule has 3 rings (SSSR count). The molecule has 0 unspecified atom stereocenters. The molecule has 1 heterocycles. The number of nitrogens with zero attached hydrogens (tertiary/aromatic N) is 3. The second-order valence-electron chi connectivity index (χ2n) is 5.87. The molecule has 1 aliphatic carbocycles. The third-order valence-corrected chi connectivity index (χ3v) is 5.50. The second-order valence-corrected chi connectivity index (χ2v) is 7.63. The van der Waals surface area contributed by atoms with Crippen LogP contribution in [-0.4, -0.2) is 24.0 Å². The lowest BCUT2D eigenvalue weighted by Gasteiger charge is -2.12. The zero-order chi connectivity index (χ0) is 16.3. The standard InChI is InChI=1S/C16H18N4O2S/c17-9-14-10-18-20(11-14)16-7-5-15(6-8-16)19-23(21,22)12-13-3-1-2-4-13/h5-8,10-11,13,19H,1-4,12H2. The Kier molecular flexibility index (Phi) is 4.35. The molecule has 7 heteroatoms. The Hall–Kier alpha value is -2.33. The molecule has 1 fully saturated rings. The lowest BCUT2D eigenvalue weighted by Crippen LogP contribution is -2.21. The van der Waals surface area contributed by atoms with E-state index in [1.165, 1.54) is 6.20 Å². The van der Waals surface area contributed by atoms with Crippen LogP contribution in [0, 0.1) is 17.2 Å². The van der Waals surface area contributed by atoms with Gasteiger partial charge in [-0.15, -0.1) is 0 Å². The van der Waals surface area contributed by atoms with Crippen LogP contribution in [0.1, 0.15) is 31.2 Å². The third-order valence-electron chi connectivity index (χ3n) is 4.05. The topological polar surface area (TPSA) is 87.8 Å². The number of benzene rings is 1. The highest BCUT2D eigenvalue weighted by Gasteiger charge is 2.22. The first kappa shape index (κ1) is 15.6. The summed E-state index contributed by atoms with van der Waals surface area (Å²) in [4.78, 5) is 0. The van der Waals surface area contributed by atoms with Gasteiger partial charge in [-0.1, -0.05) is 12.8 Å². The summed E-state index contributed by atoms with van der Waals surface area (Å²) in [6.07, 6.45) is 7.37. The molecule has 0 atom stereocenters. The molecule has 1 aliphatic rings. The molecule has 0 amide bonds. The first-order valence-electron chi connectivity index (χ1n) is 7.61. The molecule has 0 aliphatic heterocycles. The zero-order valence-corrected chi connectivity index (χ0v) is 13.5. The minimum absolute atomic E-state index is 0.194. The monoisotopic (exact) mass is 330 g/mol. The Bertz CT molecular complexity index is 813. The average molecular weight is 330 g/mol. The maximum Gasteiger partial charge on any atom is 0.232 e. The largest absolute Gasteiger partial charge is 0.284 e. The summed E-state index contributed by atoms with van der Waals surface area (Å²) in [6, 6.07) is 8.96. The Labute approximate surface area is 135 Å². The van der Waals surface area contributed by atoms with Crippen molar-refractivity contribution in [2.75, 3.05) is 10.5 Å². The van der Waals surface area contributed by atoms with Crippen molar-refractivity contribution >= 4 is 15.7 Å². The molecule has 1 aromatic heterocycles. The molecule has 1 saturated carbocycles. The van der Waals surface area contributed by atoms with Crippen LogP contribution in [0.2, 0.25) is 0 Å². The highest BCUT2D eigenvalue weighted by molar-refractivity contribution is 7.92. The lowest BCUT2D eigenvalue weighted by atomic mass is 10.1. The van der Waals surface area contributed by atoms with Gasteiger partial charge in [0.2, 0.25) is 10.0 Å². The maximum absolute atomic E-state index is 12.2. The van der Waals surface area contributed by atoms with Crippen molar-refractivity contribution in [1.29, 1.82) is 5.26 Å². The normalized spacial score (nSPS) is 15.4. The van der Waals surface area contributed by atoms with Crippen LogP contribution in [0.5, 0.6) is 0 Å². The second kappa shape index (κ2) is 6.42. The molecule has 0 bridgehead atoms. The first-order chi connectivity index (χ1) is 11.1. The van der Waals surface area contributed by atoms with E-state index >= 15 is 0 Å². The first-order valence-corrected chi connectivity index (χ1v) is 9.27. The molecule has 6 nitrogen and oxygen atoms in total. The summed E-state index contributed by atoms with van der Waals surface area (Å²) < 4.78 is 28.6. The molecule has 0 radical (unpaired) electrons. The van der Waals surface area contributed by atoms with Crippen LogP contribution < -0.4 is 4.72 Å². The average Bonchev–Trinajstić information content (AvgIpc) is 3.18. The van der Waals surface area contributed by atoms with Crippen LogP contribution >= 0.6 is 0 Å². The number of hydrogen-bond acceptors (Lipinski definition) is 4. The van der Waals surface area contributed by atoms with E-state index in [0.29, 0.717) is 11.3 Å². The predicted molar refractivity (Wildman–Crippen MR) is 87.6 cm³/mol. The number of sulfonamides is 1. The van der Waals surface area contributed by atoms with Crippen LogP contribution in [-0.2, 0) is 10.0 Å². The molecular formula is C16H18N4O2S. The highest BCUT2D eigenvalue weighted by Crippen LogP contribution is 2.26. The van der Waals surface area contributed by atoms with Crippen LogP contribution in [0.25, 0.3) is 5.69 Å². The van der Waals surface area contributed by atoms with Crippen molar-refractivity contribution in [2.24, 2.45) is 5.92 Å². The zero-order valence-electron chi connectivity index (χ0n) is 12.6. The summed E-state index contributed by atoms with van der Waals surface area (Å²) in [5.41, 5.74) is 1.79. The molecule has 1 N–H and O–H groups in total. The molecular weight excluding hydrogens is 312 g/mol. The van der Waals surface area contributed by atoms with E-state index in [1.807, 2.05) is 6.07 Å². The minimum Gasteiger partial charge on any atom is -0.284 e. The predicted octanol–water partition coefficient (Wildman–Crippen LogP) is 2.68. The van der Waals surface area contributed by atoms with E-state index in [-0.39, 0.29) is 11.7 Å². The van der Waals surface area contributed by atoms with Gasteiger partial charge in [-0.05, 0) is 43.0 Å². The third kappa shape index (κ3) is 3.90. The van der Waals surface area contributed by atoms with Gasteiger partial charge in [0.15, 0.2) is 0 Å². The van der Waals surface area contributed by atoms with E-state index < -0.39 is 10.0 Å². The van der Waals surface area contributed by atoms with E-state index in [0.717, 1.165) is 31.4 Å². The Morgan fingerprint density at radius 1 is 1.26 bits per heavy atom. The summed E-state index contributed by atoms with van der Waals surface area (Å²) in [5.74, 6) is 0.472. The van der Waals surface area contributed by atoms with E-state index in [4.69, 9.17) is 5.26 Å². The minimum atomic E-state index is -3.31. The Morgan fingerprint density at radius 2 is 1.96 bits per heavy atom. The van der Waals surface area contributed by atoms with E-state index in [1.54, 1.807) is 35.1 Å². The van der Waals surface area contributed by atoms with Crippen molar-refractivity contribution in [1.82, 2.24) is 9.78 Å². The van der Waals surface area contributed by atoms with Gasteiger partial charge >= 0.3 is 0 Å². The fourth-order valence-electron chi connectivity index (χ4n) is 2.91. The molecule has 120 valence electrons. The fourth-order valence-corrected chi connectivity index (χ4v) is 4.44. The molecule has 2 aromatic rings. The molecule has 1 aromatic carbocycles. The number of nitrogens with one attached hydrogen (secondary N) is 1. The summed E-state index contributed by atoms with van der Waals surface area (Å²) in [5, 5.41) is 12.9. The van der Waals surface area contributed by atoms with Gasteiger partial charge in [0.05, 0.1) is 23.2 Å². The lowest BCUT2D eigenvalue weighted by molar-refractivity contribution is 0.563. The molecule has 0 saturated heterocycles. The summed E-state index contributed by atoms with van der Waals surface area (Å²) >= 11 is 0. The van der Waals surface area contributed by atoms with Crippen molar-refractivity contribution < 1.29 is 8.42 Å². The van der Waals surface area contributed by atoms with Crippen molar-refractivity contribution in [2.45, 2.75) is 25.7 Å². The van der Waals surface area contributed by atoms with Crippen LogP contribution in [0.15, 0.2) is 36.7 Å². The van der Waals surface area contributed by atoms with E-state index in [2.05, 4.69) is 9.82 Å². The van der Waals surface area contributed by atoms with Gasteiger partial charge in [0.1, 0.15) is 6.07 Å². The number of anilines is 1. The quantitative estimate of drug-likeness (QED) is 0.913. The molecule has 23 heavy (non-hydrogen) atoms. The molecule has 0 spiro atoms. The summed E-state index contributed by atoms with van der Waals surface area (Å²) in [7, 11) is -3.31. The number of rotatable bonds is 5. The Balaban J connectivity index is 1.68. The van der Waals surface area contributed by atoms with Crippen molar-refractivity contribution in [3.8, 4) is 11.8 Å². The van der Waals surface area contributed by atoms with Gasteiger partial charge < -0.3 is 0 Å². The number of hydrogen-bond donors (Lipinski definition) is 1. The van der Waals surface area contributed by atoms with Crippen molar-refractivity contribution in [3.63, 3.8) is 0 Å². The number of nitriles is 1. The van der Waals surface area contributed by atoms with Crippen LogP contribution in [0.4, 0.5) is 5.69 Å². The van der Waals surface area contributed by atoms with Gasteiger partial charge in [0.25, 0.3) is 0 Å². The fraction of sp³-hybridized carbons (Fsp3) is 0.375. The van der Waals surface area contributed by atoms with Gasteiger partial charge in [-0.2, -0.15) is 10.4 Å². The highest BCUT2D eigenvalue weighted by atomic mass is 32.2. The maximum atomic E-state index is 12.2. The smallest absolute Gasteiger partial charge is 0.232 e. The van der Waals surface area contributed by atoms with Crippen molar-refractivity contribution in [3.05, 3.63) is 42.2 Å². The van der Waals surface area contributed by atoms with Gasteiger partial charge in [-0.3, -0.25) is 4.72 Å². The Morgan fingerprint density at radius 3 is 2.57 bits per heavy atom.